The highest BCUT2D eigenvalue weighted by molar-refractivity contribution is 5.38. The molecule has 26 heavy (non-hydrogen) atoms. The van der Waals surface area contributed by atoms with Gasteiger partial charge in [0.05, 0.1) is 12.3 Å². The minimum Gasteiger partial charge on any atom is -0.384 e. The van der Waals surface area contributed by atoms with Crippen LogP contribution in [0.3, 0.4) is 0 Å². The second-order valence-corrected chi connectivity index (χ2v) is 7.73. The Kier molecular flexibility index (Phi) is 6.38. The van der Waals surface area contributed by atoms with E-state index in [4.69, 9.17) is 15.5 Å². The van der Waals surface area contributed by atoms with Crippen LogP contribution in [0.5, 0.6) is 0 Å². The number of hydrogen-bond acceptors (Lipinski definition) is 4. The fourth-order valence-electron chi connectivity index (χ4n) is 4.36. The number of ether oxygens (including phenoxy) is 1. The van der Waals surface area contributed by atoms with Gasteiger partial charge in [-0.15, -0.1) is 0 Å². The first kappa shape index (κ1) is 19.0. The van der Waals surface area contributed by atoms with Gasteiger partial charge in [-0.1, -0.05) is 13.0 Å². The van der Waals surface area contributed by atoms with E-state index in [1.54, 1.807) is 7.11 Å². The minimum absolute atomic E-state index is 0.0239. The summed E-state index contributed by atoms with van der Waals surface area (Å²) in [5.41, 5.74) is 11.1. The Morgan fingerprint density at radius 3 is 2.85 bits per heavy atom. The van der Waals surface area contributed by atoms with Crippen LogP contribution in [0, 0.1) is 0 Å². The van der Waals surface area contributed by atoms with E-state index in [1.807, 2.05) is 18.5 Å². The fourth-order valence-corrected chi connectivity index (χ4v) is 4.36. The average Bonchev–Trinajstić information content (AvgIpc) is 2.66. The zero-order chi connectivity index (χ0) is 18.4. The summed E-state index contributed by atoms with van der Waals surface area (Å²) in [6.07, 6.45) is 10.4. The largest absolute Gasteiger partial charge is 0.384 e. The molecule has 0 radical (unpaired) electrons. The molecule has 1 aliphatic carbocycles. The van der Waals surface area contributed by atoms with E-state index >= 15 is 0 Å². The Hall–Kier alpha value is -1.78. The number of rotatable bonds is 8. The molecule has 4 nitrogen and oxygen atoms in total. The zero-order valence-corrected chi connectivity index (χ0v) is 16.1. The third kappa shape index (κ3) is 4.13. The monoisotopic (exact) mass is 353 g/mol. The Labute approximate surface area is 157 Å². The van der Waals surface area contributed by atoms with E-state index in [1.165, 1.54) is 28.9 Å². The lowest BCUT2D eigenvalue weighted by molar-refractivity contribution is 0.125. The Balaban J connectivity index is 1.91. The molecule has 2 N–H and O–H groups in total. The van der Waals surface area contributed by atoms with Crippen molar-refractivity contribution < 1.29 is 4.74 Å². The molecule has 0 amide bonds. The predicted molar refractivity (Wildman–Crippen MR) is 105 cm³/mol. The summed E-state index contributed by atoms with van der Waals surface area (Å²) in [4.78, 5) is 9.40. The van der Waals surface area contributed by atoms with Gasteiger partial charge in [0, 0.05) is 36.5 Å². The summed E-state index contributed by atoms with van der Waals surface area (Å²) >= 11 is 0. The van der Waals surface area contributed by atoms with E-state index < -0.39 is 0 Å². The maximum Gasteiger partial charge on any atom is 0.0571 e. The minimum atomic E-state index is 0.0239. The molecule has 1 unspecified atom stereocenters. The van der Waals surface area contributed by atoms with Gasteiger partial charge in [0.25, 0.3) is 0 Å². The summed E-state index contributed by atoms with van der Waals surface area (Å²) in [6.45, 7) is 3.74. The van der Waals surface area contributed by atoms with E-state index in [2.05, 4.69) is 30.1 Å². The van der Waals surface area contributed by atoms with E-state index in [-0.39, 0.29) is 5.41 Å². The molecule has 2 aromatic heterocycles. The summed E-state index contributed by atoms with van der Waals surface area (Å²) in [5, 5.41) is 0. The third-order valence-corrected chi connectivity index (χ3v) is 5.67. The normalized spacial score (nSPS) is 20.6. The van der Waals surface area contributed by atoms with Crippen LogP contribution < -0.4 is 5.73 Å². The van der Waals surface area contributed by atoms with Crippen molar-refractivity contribution in [1.82, 2.24) is 9.97 Å². The molecule has 0 bridgehead atoms. The Bertz CT molecular complexity index is 704. The molecule has 2 atom stereocenters. The van der Waals surface area contributed by atoms with Crippen LogP contribution >= 0.6 is 0 Å². The molecule has 0 saturated carbocycles. The standard InChI is InChI=1S/C22H31N3O/c1-22(16-26-2)11-5-8-19-17(10-14-25-21(19)22)15-18(7-6-12-23)20-9-3-4-13-24-20/h3-4,9-10,13-14,18H,5-8,11-12,15-16,23H2,1-2H3/t18?,22-/m0/s1. The van der Waals surface area contributed by atoms with Gasteiger partial charge in [-0.25, -0.2) is 0 Å². The first-order chi connectivity index (χ1) is 12.7. The first-order valence-electron chi connectivity index (χ1n) is 9.75. The number of nitrogens with two attached hydrogens (primary N) is 1. The van der Waals surface area contributed by atoms with Gasteiger partial charge in [-0.3, -0.25) is 9.97 Å². The van der Waals surface area contributed by atoms with Crippen LogP contribution in [0.2, 0.25) is 0 Å². The fraction of sp³-hybridized carbons (Fsp3) is 0.545. The van der Waals surface area contributed by atoms with E-state index in [0.717, 1.165) is 45.3 Å². The van der Waals surface area contributed by atoms with Crippen molar-refractivity contribution in [2.75, 3.05) is 20.3 Å². The lowest BCUT2D eigenvalue weighted by Gasteiger charge is -2.35. The van der Waals surface area contributed by atoms with E-state index in [9.17, 15) is 0 Å². The van der Waals surface area contributed by atoms with Crippen molar-refractivity contribution in [3.63, 3.8) is 0 Å². The van der Waals surface area contributed by atoms with Gasteiger partial charge in [-0.2, -0.15) is 0 Å². The van der Waals surface area contributed by atoms with Crippen molar-refractivity contribution in [2.24, 2.45) is 5.73 Å². The quantitative estimate of drug-likeness (QED) is 0.784. The summed E-state index contributed by atoms with van der Waals surface area (Å²) in [6, 6.07) is 8.41. The number of nitrogens with zero attached hydrogens (tertiary/aromatic N) is 2. The van der Waals surface area contributed by atoms with Crippen molar-refractivity contribution in [2.45, 2.75) is 56.8 Å². The van der Waals surface area contributed by atoms with Crippen molar-refractivity contribution in [3.05, 3.63) is 59.2 Å². The van der Waals surface area contributed by atoms with Gasteiger partial charge >= 0.3 is 0 Å². The molecule has 0 fully saturated rings. The molecule has 1 aliphatic rings. The maximum absolute atomic E-state index is 5.78. The number of aromatic nitrogens is 2. The van der Waals surface area contributed by atoms with Crippen molar-refractivity contribution >= 4 is 0 Å². The van der Waals surface area contributed by atoms with Crippen LogP contribution in [0.15, 0.2) is 36.7 Å². The van der Waals surface area contributed by atoms with E-state index in [0.29, 0.717) is 5.92 Å². The Morgan fingerprint density at radius 2 is 2.12 bits per heavy atom. The highest BCUT2D eigenvalue weighted by atomic mass is 16.5. The molecule has 4 heteroatoms. The maximum atomic E-state index is 5.78. The van der Waals surface area contributed by atoms with Crippen molar-refractivity contribution in [3.8, 4) is 0 Å². The number of methoxy groups -OCH3 is 1. The third-order valence-electron chi connectivity index (χ3n) is 5.67. The van der Waals surface area contributed by atoms with Crippen LogP contribution in [0.1, 0.15) is 61.0 Å². The van der Waals surface area contributed by atoms with Gasteiger partial charge in [0.15, 0.2) is 0 Å². The van der Waals surface area contributed by atoms with Crippen LogP contribution in [-0.2, 0) is 23.0 Å². The summed E-state index contributed by atoms with van der Waals surface area (Å²) in [7, 11) is 1.79. The summed E-state index contributed by atoms with van der Waals surface area (Å²) in [5.74, 6) is 0.404. The molecular formula is C22H31N3O. The molecule has 0 aliphatic heterocycles. The van der Waals surface area contributed by atoms with Gasteiger partial charge in [-0.05, 0) is 74.4 Å². The number of hydrogen-bond donors (Lipinski definition) is 1. The highest BCUT2D eigenvalue weighted by Gasteiger charge is 2.34. The van der Waals surface area contributed by atoms with Crippen LogP contribution in [0.4, 0.5) is 0 Å². The SMILES string of the molecule is COC[C@]1(C)CCCc2c(CC(CCCN)c3ccccn3)ccnc21. The van der Waals surface area contributed by atoms with Crippen LogP contribution in [0.25, 0.3) is 0 Å². The lowest BCUT2D eigenvalue weighted by atomic mass is 9.73. The van der Waals surface area contributed by atoms with Crippen molar-refractivity contribution in [1.29, 1.82) is 0 Å². The molecule has 0 spiro atoms. The smallest absolute Gasteiger partial charge is 0.0571 e. The molecular weight excluding hydrogens is 322 g/mol. The summed E-state index contributed by atoms with van der Waals surface area (Å²) < 4.78 is 5.52. The molecule has 0 aromatic carbocycles. The number of pyridine rings is 2. The lowest BCUT2D eigenvalue weighted by Crippen LogP contribution is -2.34. The topological polar surface area (TPSA) is 61.0 Å². The van der Waals surface area contributed by atoms with Gasteiger partial charge < -0.3 is 10.5 Å². The average molecular weight is 354 g/mol. The number of fused-ring (bicyclic) bond motifs is 1. The van der Waals surface area contributed by atoms with Crippen LogP contribution in [-0.4, -0.2) is 30.2 Å². The molecule has 140 valence electrons. The molecule has 2 heterocycles. The predicted octanol–water partition coefficient (Wildman–Crippen LogP) is 3.78. The molecule has 0 saturated heterocycles. The Morgan fingerprint density at radius 1 is 1.23 bits per heavy atom. The molecule has 2 aromatic rings. The highest BCUT2D eigenvalue weighted by Crippen LogP contribution is 2.38. The first-order valence-corrected chi connectivity index (χ1v) is 9.75. The zero-order valence-electron chi connectivity index (χ0n) is 16.1. The molecule has 3 rings (SSSR count). The second kappa shape index (κ2) is 8.74. The van der Waals surface area contributed by atoms with Gasteiger partial charge in [0.2, 0.25) is 0 Å². The second-order valence-electron chi connectivity index (χ2n) is 7.73. The van der Waals surface area contributed by atoms with Gasteiger partial charge in [0.1, 0.15) is 0 Å².